The summed E-state index contributed by atoms with van der Waals surface area (Å²) in [5.41, 5.74) is 1.87. The number of aryl methyl sites for hydroxylation is 1. The van der Waals surface area contributed by atoms with Crippen LogP contribution < -0.4 is 10.2 Å². The van der Waals surface area contributed by atoms with Crippen LogP contribution in [0.1, 0.15) is 48.2 Å². The predicted octanol–water partition coefficient (Wildman–Crippen LogP) is 3.42. The number of nitrogens with zero attached hydrogens (tertiary/aromatic N) is 2. The van der Waals surface area contributed by atoms with Crippen LogP contribution in [0.5, 0.6) is 0 Å². The third kappa shape index (κ3) is 3.61. The van der Waals surface area contributed by atoms with Crippen LogP contribution in [0.3, 0.4) is 0 Å². The van der Waals surface area contributed by atoms with Gasteiger partial charge in [0, 0.05) is 41.1 Å². The summed E-state index contributed by atoms with van der Waals surface area (Å²) < 4.78 is 13.6. The van der Waals surface area contributed by atoms with Crippen molar-refractivity contribution in [3.8, 4) is 0 Å². The van der Waals surface area contributed by atoms with E-state index in [4.69, 9.17) is 0 Å². The highest BCUT2D eigenvalue weighted by molar-refractivity contribution is 5.94. The minimum atomic E-state index is -0.669. The van der Waals surface area contributed by atoms with Crippen molar-refractivity contribution in [1.29, 1.82) is 0 Å². The highest BCUT2D eigenvalue weighted by Gasteiger charge is 2.49. The number of benzene rings is 1. The maximum absolute atomic E-state index is 13.6. The lowest BCUT2D eigenvalue weighted by Crippen LogP contribution is -2.48. The zero-order valence-electron chi connectivity index (χ0n) is 16.1. The fraction of sp³-hybridized carbons (Fsp3) is 0.455. The van der Waals surface area contributed by atoms with Gasteiger partial charge in [-0.25, -0.2) is 4.39 Å². The minimum Gasteiger partial charge on any atom is -0.373 e. The highest BCUT2D eigenvalue weighted by Crippen LogP contribution is 2.48. The molecule has 1 saturated carbocycles. The standard InChI is InChI=1S/C22H26FN3O2/c1-15-12-16(7-10-24-15)20(27)25-18-5-3-8-22(14-18)9-11-26(21(22)28)19-6-2-4-17(23)13-19/h2,4,6-7,10,12-13,18,21,28H,3,5,8-9,11,14H2,1H3,(H,25,27). The van der Waals surface area contributed by atoms with Crippen molar-refractivity contribution in [2.75, 3.05) is 11.4 Å². The van der Waals surface area contributed by atoms with Crippen LogP contribution in [-0.4, -0.2) is 34.8 Å². The Balaban J connectivity index is 1.46. The fourth-order valence-electron chi connectivity index (χ4n) is 4.79. The first kappa shape index (κ1) is 18.9. The number of aromatic nitrogens is 1. The summed E-state index contributed by atoms with van der Waals surface area (Å²) in [4.78, 5) is 18.6. The van der Waals surface area contributed by atoms with Crippen LogP contribution in [-0.2, 0) is 0 Å². The van der Waals surface area contributed by atoms with Gasteiger partial charge in [-0.3, -0.25) is 9.78 Å². The van der Waals surface area contributed by atoms with Gasteiger partial charge < -0.3 is 15.3 Å². The van der Waals surface area contributed by atoms with E-state index >= 15 is 0 Å². The molecule has 2 aromatic rings. The Morgan fingerprint density at radius 3 is 2.96 bits per heavy atom. The average molecular weight is 383 g/mol. The van der Waals surface area contributed by atoms with E-state index in [-0.39, 0.29) is 23.2 Å². The second kappa shape index (κ2) is 7.51. The second-order valence-corrected chi connectivity index (χ2v) is 8.11. The molecule has 1 amide bonds. The lowest BCUT2D eigenvalue weighted by molar-refractivity contribution is 0.0142. The quantitative estimate of drug-likeness (QED) is 0.852. The molecule has 2 aliphatic rings. The monoisotopic (exact) mass is 383 g/mol. The minimum absolute atomic E-state index is 0.0248. The Kier molecular flexibility index (Phi) is 5.06. The maximum Gasteiger partial charge on any atom is 0.251 e. The summed E-state index contributed by atoms with van der Waals surface area (Å²) in [7, 11) is 0. The van der Waals surface area contributed by atoms with E-state index in [1.165, 1.54) is 12.1 Å². The Labute approximate surface area is 164 Å². The predicted molar refractivity (Wildman–Crippen MR) is 105 cm³/mol. The van der Waals surface area contributed by atoms with Gasteiger partial charge in [-0.15, -0.1) is 0 Å². The maximum atomic E-state index is 13.6. The molecular weight excluding hydrogens is 357 g/mol. The fourth-order valence-corrected chi connectivity index (χ4v) is 4.79. The topological polar surface area (TPSA) is 65.5 Å². The normalized spacial score (nSPS) is 27.2. The molecule has 3 atom stereocenters. The number of hydrogen-bond acceptors (Lipinski definition) is 4. The van der Waals surface area contributed by atoms with Gasteiger partial charge in [0.15, 0.2) is 0 Å². The number of halogens is 1. The van der Waals surface area contributed by atoms with Crippen LogP contribution in [0, 0.1) is 18.2 Å². The molecule has 0 bridgehead atoms. The van der Waals surface area contributed by atoms with Gasteiger partial charge in [0.1, 0.15) is 12.0 Å². The first-order chi connectivity index (χ1) is 13.5. The van der Waals surface area contributed by atoms with Crippen molar-refractivity contribution in [3.05, 3.63) is 59.7 Å². The van der Waals surface area contributed by atoms with E-state index in [2.05, 4.69) is 10.3 Å². The summed E-state index contributed by atoms with van der Waals surface area (Å²) in [5, 5.41) is 14.2. The third-order valence-electron chi connectivity index (χ3n) is 6.21. The van der Waals surface area contributed by atoms with Gasteiger partial charge >= 0.3 is 0 Å². The zero-order valence-corrected chi connectivity index (χ0v) is 16.1. The van der Waals surface area contributed by atoms with Gasteiger partial charge in [-0.2, -0.15) is 0 Å². The lowest BCUT2D eigenvalue weighted by Gasteiger charge is -2.41. The van der Waals surface area contributed by atoms with E-state index in [1.54, 1.807) is 24.4 Å². The van der Waals surface area contributed by atoms with Crippen LogP contribution in [0.25, 0.3) is 0 Å². The number of hydrogen-bond donors (Lipinski definition) is 2. The molecule has 1 aliphatic carbocycles. The molecule has 1 aromatic heterocycles. The Bertz CT molecular complexity index is 874. The van der Waals surface area contributed by atoms with E-state index < -0.39 is 6.23 Å². The van der Waals surface area contributed by atoms with Gasteiger partial charge in [0.05, 0.1) is 0 Å². The molecule has 5 nitrogen and oxygen atoms in total. The van der Waals surface area contributed by atoms with E-state index in [9.17, 15) is 14.3 Å². The van der Waals surface area contributed by atoms with Crippen LogP contribution in [0.15, 0.2) is 42.6 Å². The highest BCUT2D eigenvalue weighted by atomic mass is 19.1. The molecule has 2 N–H and O–H groups in total. The molecule has 0 radical (unpaired) electrons. The number of amides is 1. The van der Waals surface area contributed by atoms with Gasteiger partial charge in [-0.05, 0) is 62.9 Å². The molecule has 1 aliphatic heterocycles. The molecule has 2 fully saturated rings. The van der Waals surface area contributed by atoms with Gasteiger partial charge in [0.25, 0.3) is 5.91 Å². The van der Waals surface area contributed by atoms with Crippen molar-refractivity contribution >= 4 is 11.6 Å². The number of aliphatic hydroxyl groups excluding tert-OH is 1. The van der Waals surface area contributed by atoms with Crippen molar-refractivity contribution < 1.29 is 14.3 Å². The first-order valence-corrected chi connectivity index (χ1v) is 9.91. The molecule has 148 valence electrons. The van der Waals surface area contributed by atoms with E-state index in [0.29, 0.717) is 17.8 Å². The molecule has 6 heteroatoms. The van der Waals surface area contributed by atoms with Crippen LogP contribution >= 0.6 is 0 Å². The summed E-state index contributed by atoms with van der Waals surface area (Å²) >= 11 is 0. The summed E-state index contributed by atoms with van der Waals surface area (Å²) in [6.07, 6.45) is 5.32. The Morgan fingerprint density at radius 2 is 2.18 bits per heavy atom. The zero-order chi connectivity index (χ0) is 19.7. The van der Waals surface area contributed by atoms with Crippen molar-refractivity contribution in [2.24, 2.45) is 5.41 Å². The number of carbonyl (C=O) groups excluding carboxylic acids is 1. The van der Waals surface area contributed by atoms with Gasteiger partial charge in [0.2, 0.25) is 0 Å². The lowest BCUT2D eigenvalue weighted by atomic mass is 9.70. The number of aliphatic hydroxyl groups is 1. The third-order valence-corrected chi connectivity index (χ3v) is 6.21. The van der Waals surface area contributed by atoms with Crippen molar-refractivity contribution in [1.82, 2.24) is 10.3 Å². The Hall–Kier alpha value is -2.47. The molecule has 1 saturated heterocycles. The van der Waals surface area contributed by atoms with Crippen molar-refractivity contribution in [2.45, 2.75) is 51.3 Å². The summed E-state index contributed by atoms with van der Waals surface area (Å²) in [5.74, 6) is -0.394. The number of anilines is 1. The van der Waals surface area contributed by atoms with E-state index in [1.807, 2.05) is 17.9 Å². The molecule has 1 spiro atoms. The molecule has 1 aromatic carbocycles. The number of pyridine rings is 1. The van der Waals surface area contributed by atoms with Crippen LogP contribution in [0.2, 0.25) is 0 Å². The first-order valence-electron chi connectivity index (χ1n) is 9.91. The molecule has 2 heterocycles. The largest absolute Gasteiger partial charge is 0.373 e. The molecule has 28 heavy (non-hydrogen) atoms. The van der Waals surface area contributed by atoms with Gasteiger partial charge in [-0.1, -0.05) is 12.5 Å². The number of nitrogens with one attached hydrogen (secondary N) is 1. The van der Waals surface area contributed by atoms with Crippen molar-refractivity contribution in [3.63, 3.8) is 0 Å². The Morgan fingerprint density at radius 1 is 1.32 bits per heavy atom. The van der Waals surface area contributed by atoms with E-state index in [0.717, 1.165) is 37.8 Å². The molecular formula is C22H26FN3O2. The summed E-state index contributed by atoms with van der Waals surface area (Å²) in [6, 6.07) is 9.91. The molecule has 3 unspecified atom stereocenters. The smallest absolute Gasteiger partial charge is 0.251 e. The second-order valence-electron chi connectivity index (χ2n) is 8.11. The SMILES string of the molecule is Cc1cc(C(=O)NC2CCCC3(CCN(c4cccc(F)c4)C3O)C2)ccn1. The average Bonchev–Trinajstić information content (AvgIpc) is 2.97. The summed E-state index contributed by atoms with van der Waals surface area (Å²) in [6.45, 7) is 2.55. The van der Waals surface area contributed by atoms with Crippen LogP contribution in [0.4, 0.5) is 10.1 Å². The molecule has 4 rings (SSSR count). The number of carbonyl (C=O) groups is 1. The number of rotatable bonds is 3.